The van der Waals surface area contributed by atoms with Crippen LogP contribution < -0.4 is 5.32 Å². The van der Waals surface area contributed by atoms with Gasteiger partial charge in [-0.25, -0.2) is 4.39 Å². The fourth-order valence-corrected chi connectivity index (χ4v) is 2.47. The maximum absolute atomic E-state index is 13.6. The summed E-state index contributed by atoms with van der Waals surface area (Å²) in [7, 11) is 0. The van der Waals surface area contributed by atoms with Gasteiger partial charge in [-0.1, -0.05) is 17.7 Å². The van der Waals surface area contributed by atoms with Crippen LogP contribution in [-0.4, -0.2) is 41.5 Å². The standard InChI is InChI=1S/C14H16ClFN2O3/c15-10-2-1-3-11(13(10)16)17-8-12(19)18-6-4-9(5-7-18)14(20)21/h1-3,9,17H,4-8H2,(H,20,21). The molecule has 0 unspecified atom stereocenters. The highest BCUT2D eigenvalue weighted by atomic mass is 35.5. The van der Waals surface area contributed by atoms with E-state index in [-0.39, 0.29) is 29.1 Å². The Morgan fingerprint density at radius 3 is 2.67 bits per heavy atom. The Bertz CT molecular complexity index is 545. The van der Waals surface area contributed by atoms with Gasteiger partial charge in [-0.05, 0) is 25.0 Å². The van der Waals surface area contributed by atoms with Crippen molar-refractivity contribution in [2.45, 2.75) is 12.8 Å². The molecule has 7 heteroatoms. The molecule has 0 aliphatic carbocycles. The van der Waals surface area contributed by atoms with E-state index in [2.05, 4.69) is 5.32 Å². The molecule has 1 amide bonds. The van der Waals surface area contributed by atoms with Gasteiger partial charge in [0.05, 0.1) is 23.2 Å². The van der Waals surface area contributed by atoms with Crippen LogP contribution in [0, 0.1) is 11.7 Å². The number of carboxylic acid groups (broad SMARTS) is 1. The minimum absolute atomic E-state index is 0.00489. The smallest absolute Gasteiger partial charge is 0.306 e. The quantitative estimate of drug-likeness (QED) is 0.894. The van der Waals surface area contributed by atoms with Crippen molar-refractivity contribution >= 4 is 29.2 Å². The lowest BCUT2D eigenvalue weighted by molar-refractivity contribution is -0.145. The minimum Gasteiger partial charge on any atom is -0.481 e. The second-order valence-electron chi connectivity index (χ2n) is 4.95. The molecule has 114 valence electrons. The van der Waals surface area contributed by atoms with Gasteiger partial charge in [0.2, 0.25) is 5.91 Å². The molecule has 21 heavy (non-hydrogen) atoms. The number of carboxylic acids is 1. The van der Waals surface area contributed by atoms with Crippen LogP contribution in [0.2, 0.25) is 5.02 Å². The van der Waals surface area contributed by atoms with Crippen molar-refractivity contribution in [3.63, 3.8) is 0 Å². The lowest BCUT2D eigenvalue weighted by atomic mass is 9.97. The van der Waals surface area contributed by atoms with Crippen molar-refractivity contribution in [2.24, 2.45) is 5.92 Å². The first-order valence-corrected chi connectivity index (χ1v) is 7.05. The average molecular weight is 315 g/mol. The lowest BCUT2D eigenvalue weighted by Crippen LogP contribution is -2.42. The number of benzene rings is 1. The largest absolute Gasteiger partial charge is 0.481 e. The number of hydrogen-bond acceptors (Lipinski definition) is 3. The van der Waals surface area contributed by atoms with E-state index < -0.39 is 11.8 Å². The van der Waals surface area contributed by atoms with Crippen LogP contribution in [0.3, 0.4) is 0 Å². The molecule has 1 aliphatic rings. The molecule has 1 fully saturated rings. The summed E-state index contributed by atoms with van der Waals surface area (Å²) in [5.41, 5.74) is 0.177. The second kappa shape index (κ2) is 6.76. The van der Waals surface area contributed by atoms with Crippen molar-refractivity contribution in [1.29, 1.82) is 0 Å². The van der Waals surface area contributed by atoms with Gasteiger partial charge in [0.25, 0.3) is 0 Å². The number of nitrogens with one attached hydrogen (secondary N) is 1. The van der Waals surface area contributed by atoms with Gasteiger partial charge >= 0.3 is 5.97 Å². The van der Waals surface area contributed by atoms with E-state index in [0.29, 0.717) is 25.9 Å². The number of nitrogens with zero attached hydrogens (tertiary/aromatic N) is 1. The zero-order chi connectivity index (χ0) is 15.4. The molecule has 1 heterocycles. The molecule has 1 aromatic rings. The molecular weight excluding hydrogens is 299 g/mol. The molecule has 0 spiro atoms. The van der Waals surface area contributed by atoms with Gasteiger partial charge in [0.15, 0.2) is 5.82 Å². The summed E-state index contributed by atoms with van der Waals surface area (Å²) < 4.78 is 13.6. The SMILES string of the molecule is O=C(O)C1CCN(C(=O)CNc2cccc(Cl)c2F)CC1. The Balaban J connectivity index is 1.85. The molecule has 0 saturated carbocycles. The highest BCUT2D eigenvalue weighted by Crippen LogP contribution is 2.22. The normalized spacial score (nSPS) is 15.8. The van der Waals surface area contributed by atoms with Gasteiger partial charge in [0.1, 0.15) is 0 Å². The Kier molecular flexibility index (Phi) is 5.01. The number of anilines is 1. The van der Waals surface area contributed by atoms with Gasteiger partial charge in [-0.2, -0.15) is 0 Å². The molecule has 0 bridgehead atoms. The van der Waals surface area contributed by atoms with Gasteiger partial charge in [-0.3, -0.25) is 9.59 Å². The molecule has 1 saturated heterocycles. The number of likely N-dealkylation sites (tertiary alicyclic amines) is 1. The summed E-state index contributed by atoms with van der Waals surface area (Å²) in [6.45, 7) is 0.778. The predicted octanol–water partition coefficient (Wildman–Crippen LogP) is 2.21. The number of rotatable bonds is 4. The molecule has 0 atom stereocenters. The highest BCUT2D eigenvalue weighted by molar-refractivity contribution is 6.31. The van der Waals surface area contributed by atoms with E-state index in [9.17, 15) is 14.0 Å². The first-order chi connectivity index (χ1) is 9.99. The first-order valence-electron chi connectivity index (χ1n) is 6.67. The van der Waals surface area contributed by atoms with Crippen molar-refractivity contribution < 1.29 is 19.1 Å². The molecule has 2 rings (SSSR count). The van der Waals surface area contributed by atoms with Crippen LogP contribution in [-0.2, 0) is 9.59 Å². The maximum atomic E-state index is 13.6. The molecule has 0 radical (unpaired) electrons. The van der Waals surface area contributed by atoms with Gasteiger partial charge < -0.3 is 15.3 Å². The molecule has 5 nitrogen and oxygen atoms in total. The maximum Gasteiger partial charge on any atom is 0.306 e. The van der Waals surface area contributed by atoms with E-state index in [1.165, 1.54) is 12.1 Å². The number of piperidine rings is 1. The number of carbonyl (C=O) groups is 2. The molecular formula is C14H16ClFN2O3. The summed E-state index contributed by atoms with van der Waals surface area (Å²) in [6.07, 6.45) is 0.902. The van der Waals surface area contributed by atoms with E-state index in [4.69, 9.17) is 16.7 Å². The number of carbonyl (C=O) groups excluding carboxylic acids is 1. The van der Waals surface area contributed by atoms with E-state index in [1.54, 1.807) is 11.0 Å². The number of halogens is 2. The first kappa shape index (κ1) is 15.6. The summed E-state index contributed by atoms with van der Waals surface area (Å²) in [5, 5.41) is 11.6. The number of aliphatic carboxylic acids is 1. The van der Waals surface area contributed by atoms with E-state index in [0.717, 1.165) is 0 Å². The van der Waals surface area contributed by atoms with Crippen LogP contribution in [0.15, 0.2) is 18.2 Å². The van der Waals surface area contributed by atoms with Crippen LogP contribution in [0.1, 0.15) is 12.8 Å². The molecule has 1 aromatic carbocycles. The third-order valence-corrected chi connectivity index (χ3v) is 3.87. The van der Waals surface area contributed by atoms with Crippen molar-refractivity contribution in [2.75, 3.05) is 25.0 Å². The van der Waals surface area contributed by atoms with E-state index in [1.807, 2.05) is 0 Å². The van der Waals surface area contributed by atoms with Crippen LogP contribution in [0.4, 0.5) is 10.1 Å². The van der Waals surface area contributed by atoms with Crippen molar-refractivity contribution in [3.8, 4) is 0 Å². The van der Waals surface area contributed by atoms with Crippen LogP contribution >= 0.6 is 11.6 Å². The summed E-state index contributed by atoms with van der Waals surface area (Å²) in [6, 6.07) is 4.53. The molecule has 2 N–H and O–H groups in total. The topological polar surface area (TPSA) is 69.6 Å². The van der Waals surface area contributed by atoms with E-state index >= 15 is 0 Å². The van der Waals surface area contributed by atoms with Gasteiger partial charge in [0, 0.05) is 13.1 Å². The van der Waals surface area contributed by atoms with Gasteiger partial charge in [-0.15, -0.1) is 0 Å². The van der Waals surface area contributed by atoms with Crippen molar-refractivity contribution in [3.05, 3.63) is 29.0 Å². The molecule has 1 aliphatic heterocycles. The number of amides is 1. The predicted molar refractivity (Wildman–Crippen MR) is 76.8 cm³/mol. The Hall–Kier alpha value is -1.82. The number of hydrogen-bond donors (Lipinski definition) is 2. The zero-order valence-electron chi connectivity index (χ0n) is 11.3. The summed E-state index contributed by atoms with van der Waals surface area (Å²) in [5.74, 6) is -1.97. The summed E-state index contributed by atoms with van der Waals surface area (Å²) in [4.78, 5) is 24.4. The zero-order valence-corrected chi connectivity index (χ0v) is 12.1. The van der Waals surface area contributed by atoms with Crippen LogP contribution in [0.25, 0.3) is 0 Å². The Morgan fingerprint density at radius 1 is 1.38 bits per heavy atom. The fourth-order valence-electron chi connectivity index (χ4n) is 2.30. The van der Waals surface area contributed by atoms with Crippen molar-refractivity contribution in [1.82, 2.24) is 4.90 Å². The molecule has 0 aromatic heterocycles. The van der Waals surface area contributed by atoms with Crippen LogP contribution in [0.5, 0.6) is 0 Å². The average Bonchev–Trinajstić information content (AvgIpc) is 2.48. The minimum atomic E-state index is -0.818. The third-order valence-electron chi connectivity index (χ3n) is 3.58. The lowest BCUT2D eigenvalue weighted by Gasteiger charge is -2.30. The second-order valence-corrected chi connectivity index (χ2v) is 5.36. The Morgan fingerprint density at radius 2 is 2.05 bits per heavy atom. The summed E-state index contributed by atoms with van der Waals surface area (Å²) >= 11 is 5.66. The Labute approximate surface area is 126 Å². The highest BCUT2D eigenvalue weighted by Gasteiger charge is 2.26. The monoisotopic (exact) mass is 314 g/mol. The fraction of sp³-hybridized carbons (Fsp3) is 0.429. The third kappa shape index (κ3) is 3.85.